The highest BCUT2D eigenvalue weighted by atomic mass is 16.3. The van der Waals surface area contributed by atoms with Crippen LogP contribution in [0, 0.1) is 0 Å². The second-order valence-corrected chi connectivity index (χ2v) is 34.3. The number of nitrogens with zero attached hydrogens (tertiary/aromatic N) is 10. The van der Waals surface area contributed by atoms with E-state index in [9.17, 15) is 0 Å². The van der Waals surface area contributed by atoms with Gasteiger partial charge in [0.2, 0.25) is 0 Å². The Kier molecular flexibility index (Phi) is 19.3. The summed E-state index contributed by atoms with van der Waals surface area (Å²) in [4.78, 5) is 50.3. The van der Waals surface area contributed by atoms with Crippen molar-refractivity contribution in [3.8, 4) is 125 Å². The van der Waals surface area contributed by atoms with E-state index in [0.717, 1.165) is 176 Å². The summed E-state index contributed by atoms with van der Waals surface area (Å²) in [6.07, 6.45) is 1.84. The smallest absolute Gasteiger partial charge is 0.165 e. The minimum Gasteiger partial charge on any atom is -0.456 e. The minimum absolute atomic E-state index is 0.570. The molecule has 638 valence electrons. The van der Waals surface area contributed by atoms with Gasteiger partial charge in [-0.3, -0.25) is 4.98 Å². The van der Waals surface area contributed by atoms with Crippen LogP contribution in [0.2, 0.25) is 0 Å². The van der Waals surface area contributed by atoms with Gasteiger partial charge in [-0.25, -0.2) is 44.9 Å². The maximum atomic E-state index is 6.57. The zero-order chi connectivity index (χ0) is 90.4. The van der Waals surface area contributed by atoms with Crippen molar-refractivity contribution in [1.29, 1.82) is 0 Å². The lowest BCUT2D eigenvalue weighted by Gasteiger charge is -2.13. The predicted molar refractivity (Wildman–Crippen MR) is 559 cm³/mol. The van der Waals surface area contributed by atoms with Crippen LogP contribution in [0.3, 0.4) is 0 Å². The van der Waals surface area contributed by atoms with E-state index in [0.29, 0.717) is 52.4 Å². The van der Waals surface area contributed by atoms with Crippen LogP contribution in [0.1, 0.15) is 0 Å². The molecule has 0 saturated carbocycles. The standard InChI is InChI=1S/C43H25N3O.C41H25N3O.C40H24N4O/c1-3-12-29-23-31(19-17-26(29)9-1)41-44-42(32-20-18-27-10-2-4-13-30(27)24-32)46-43(45-41)36-25-38-40(35-15-7-8-16-37(35)47-38)39-33-14-6-5-11-28(33)21-22-34(36)39;1-3-12-26(13-4-1)29-17-11-18-30(24-29)40-42-39(28-15-5-2-6-16-28)43-41(44-40)34-25-36-38(33-20-9-10-21-35(33)45-36)37-31-19-8-7-14-27(31)22-23-32(34)37;1-3-12-26(13-4-1)38-42-39(27-14-5-2-6-15-27)44-40(43-38)29-21-22-33(41-24-29)32-23-28-20-19-25-11-7-8-16-30(25)35(28)36-31-17-9-10-18-34(31)45-37(32)36/h1-25H;1-25H;1-24H. The molecule has 137 heavy (non-hydrogen) atoms. The summed E-state index contributed by atoms with van der Waals surface area (Å²) in [5.41, 5.74) is 17.3. The molecule has 13 heteroatoms. The van der Waals surface area contributed by atoms with Crippen LogP contribution in [-0.2, 0) is 0 Å². The van der Waals surface area contributed by atoms with Crippen LogP contribution < -0.4 is 0 Å². The van der Waals surface area contributed by atoms with Gasteiger partial charge in [-0.15, -0.1) is 0 Å². The van der Waals surface area contributed by atoms with Crippen LogP contribution in [0.25, 0.3) is 277 Å². The molecule has 0 bridgehead atoms. The van der Waals surface area contributed by atoms with E-state index in [1.54, 1.807) is 0 Å². The minimum atomic E-state index is 0.570. The van der Waals surface area contributed by atoms with Crippen molar-refractivity contribution in [2.45, 2.75) is 0 Å². The van der Waals surface area contributed by atoms with E-state index >= 15 is 0 Å². The van der Waals surface area contributed by atoms with Crippen LogP contribution in [0.4, 0.5) is 0 Å². The van der Waals surface area contributed by atoms with Crippen molar-refractivity contribution in [1.82, 2.24) is 49.8 Å². The average Bonchev–Trinajstić information content (AvgIpc) is 1.62. The van der Waals surface area contributed by atoms with Gasteiger partial charge in [0.1, 0.15) is 33.5 Å². The maximum absolute atomic E-state index is 6.57. The monoisotopic (exact) mass is 1750 g/mol. The molecule has 28 rings (SSSR count). The van der Waals surface area contributed by atoms with E-state index in [1.807, 2.05) is 152 Å². The van der Waals surface area contributed by atoms with Crippen molar-refractivity contribution in [3.05, 3.63) is 449 Å². The normalized spacial score (nSPS) is 11.6. The molecule has 0 radical (unpaired) electrons. The van der Waals surface area contributed by atoms with Crippen LogP contribution >= 0.6 is 0 Å². The first kappa shape index (κ1) is 79.2. The van der Waals surface area contributed by atoms with Gasteiger partial charge in [0, 0.05) is 110 Å². The van der Waals surface area contributed by atoms with Gasteiger partial charge in [-0.2, -0.15) is 0 Å². The number of hydrogen-bond acceptors (Lipinski definition) is 13. The van der Waals surface area contributed by atoms with Crippen molar-refractivity contribution in [2.75, 3.05) is 0 Å². The Labute approximate surface area is 783 Å². The first-order valence-corrected chi connectivity index (χ1v) is 45.7. The van der Waals surface area contributed by atoms with Gasteiger partial charge >= 0.3 is 0 Å². The molecular weight excluding hydrogens is 1680 g/mol. The summed E-state index contributed by atoms with van der Waals surface area (Å²) >= 11 is 0. The second-order valence-electron chi connectivity index (χ2n) is 34.3. The van der Waals surface area contributed by atoms with E-state index in [1.165, 1.54) is 48.5 Å². The summed E-state index contributed by atoms with van der Waals surface area (Å²) in [6.45, 7) is 0. The summed E-state index contributed by atoms with van der Waals surface area (Å²) < 4.78 is 19.6. The van der Waals surface area contributed by atoms with Crippen molar-refractivity contribution in [2.24, 2.45) is 0 Å². The van der Waals surface area contributed by atoms with E-state index in [4.69, 9.17) is 63.1 Å². The molecule has 0 fully saturated rings. The van der Waals surface area contributed by atoms with Crippen LogP contribution in [0.15, 0.2) is 462 Å². The fourth-order valence-corrected chi connectivity index (χ4v) is 19.6. The van der Waals surface area contributed by atoms with E-state index in [2.05, 4.69) is 297 Å². The Morgan fingerprint density at radius 2 is 0.467 bits per heavy atom. The highest BCUT2D eigenvalue weighted by Gasteiger charge is 2.26. The van der Waals surface area contributed by atoms with Gasteiger partial charge < -0.3 is 13.3 Å². The Balaban J connectivity index is 0.000000106. The zero-order valence-electron chi connectivity index (χ0n) is 73.4. The lowest BCUT2D eigenvalue weighted by atomic mass is 9.94. The molecule has 7 heterocycles. The highest BCUT2D eigenvalue weighted by Crippen LogP contribution is 2.48. The SMILES string of the molecule is c1ccc(-c2cccc(-c3nc(-c4ccccc4)nc(-c4cc5oc6ccccc6c5c5c4ccc4ccccc45)n3)c2)cc1.c1ccc(-c2nc(-c3ccccc3)nc(-c3ccc(-c4cc5ccc6ccccc6c5c5c4oc4ccccc45)nc3)n2)cc1.c1ccc2cc(-c3nc(-c4ccc5ccccc5c4)nc(-c4cc5oc6ccccc6c5c5c4ccc4ccccc45)n3)ccc2c1. The fraction of sp³-hybridized carbons (Fsp3) is 0. The van der Waals surface area contributed by atoms with Crippen LogP contribution in [0.5, 0.6) is 0 Å². The fourth-order valence-electron chi connectivity index (χ4n) is 19.6. The number of hydrogen-bond donors (Lipinski definition) is 0. The highest BCUT2D eigenvalue weighted by molar-refractivity contribution is 6.32. The average molecular weight is 1750 g/mol. The Morgan fingerprint density at radius 1 is 0.146 bits per heavy atom. The Bertz CT molecular complexity index is 9530. The van der Waals surface area contributed by atoms with Gasteiger partial charge in [-0.1, -0.05) is 376 Å². The van der Waals surface area contributed by atoms with Gasteiger partial charge in [0.15, 0.2) is 52.4 Å². The maximum Gasteiger partial charge on any atom is 0.165 e. The topological polar surface area (TPSA) is 168 Å². The molecule has 0 spiro atoms. The molecule has 0 N–H and O–H groups in total. The van der Waals surface area contributed by atoms with E-state index < -0.39 is 0 Å². The van der Waals surface area contributed by atoms with Crippen molar-refractivity contribution >= 4 is 152 Å². The summed E-state index contributed by atoms with van der Waals surface area (Å²) in [7, 11) is 0. The Hall–Kier alpha value is -18.7. The van der Waals surface area contributed by atoms with Gasteiger partial charge in [-0.05, 0) is 148 Å². The van der Waals surface area contributed by atoms with Gasteiger partial charge in [0.05, 0.1) is 5.69 Å². The first-order valence-electron chi connectivity index (χ1n) is 45.7. The molecule has 0 aliphatic rings. The number of aromatic nitrogens is 10. The Morgan fingerprint density at radius 3 is 0.920 bits per heavy atom. The molecule has 0 aliphatic heterocycles. The van der Waals surface area contributed by atoms with Gasteiger partial charge in [0.25, 0.3) is 0 Å². The molecule has 28 aromatic rings. The van der Waals surface area contributed by atoms with Crippen LogP contribution in [-0.4, -0.2) is 49.8 Å². The lowest BCUT2D eigenvalue weighted by molar-refractivity contribution is 0.669. The number of fused-ring (bicyclic) bond motifs is 23. The molecule has 0 aliphatic carbocycles. The molecule has 21 aromatic carbocycles. The summed E-state index contributed by atoms with van der Waals surface area (Å²) in [5.74, 6) is 5.52. The lowest BCUT2D eigenvalue weighted by Crippen LogP contribution is -2.01. The quantitative estimate of drug-likeness (QED) is 0.112. The third-order valence-electron chi connectivity index (χ3n) is 26.1. The molecule has 0 saturated heterocycles. The number of rotatable bonds is 11. The van der Waals surface area contributed by atoms with Crippen molar-refractivity contribution < 1.29 is 13.3 Å². The number of benzene rings is 21. The number of pyridine rings is 1. The third-order valence-corrected chi connectivity index (χ3v) is 26.1. The zero-order valence-corrected chi connectivity index (χ0v) is 73.4. The molecule has 0 amide bonds. The molecule has 7 aromatic heterocycles. The molecule has 0 atom stereocenters. The molecule has 13 nitrogen and oxygen atoms in total. The molecule has 0 unspecified atom stereocenters. The third kappa shape index (κ3) is 14.3. The largest absolute Gasteiger partial charge is 0.456 e. The van der Waals surface area contributed by atoms with Crippen molar-refractivity contribution in [3.63, 3.8) is 0 Å². The first-order chi connectivity index (χ1) is 67.9. The predicted octanol–water partition coefficient (Wildman–Crippen LogP) is 32.3. The molecular formula is C124H74N10O3. The number of furan rings is 3. The summed E-state index contributed by atoms with van der Waals surface area (Å²) in [6, 6.07) is 152. The number of para-hydroxylation sites is 3. The van der Waals surface area contributed by atoms with E-state index in [-0.39, 0.29) is 0 Å². The summed E-state index contributed by atoms with van der Waals surface area (Å²) in [5, 5.41) is 25.1. The second kappa shape index (κ2) is 33.3.